The molecule has 1 rings (SSSR count). The standard InChI is InChI=1S/C13H18F2N2O2/c1-4-16-12-10(14)5-9(6-11(12)15)13(18)17-7-8(2)19-3/h5-6,8,16H,4,7H2,1-3H3,(H,17,18). The van der Waals surface area contributed by atoms with Crippen molar-refractivity contribution in [2.75, 3.05) is 25.5 Å². The maximum atomic E-state index is 13.6. The van der Waals surface area contributed by atoms with Gasteiger partial charge in [-0.25, -0.2) is 8.78 Å². The van der Waals surface area contributed by atoms with Crippen molar-refractivity contribution in [2.45, 2.75) is 20.0 Å². The van der Waals surface area contributed by atoms with Gasteiger partial charge in [0.25, 0.3) is 5.91 Å². The number of carbonyl (C=O) groups excluding carboxylic acids is 1. The van der Waals surface area contributed by atoms with Gasteiger partial charge >= 0.3 is 0 Å². The van der Waals surface area contributed by atoms with E-state index in [0.29, 0.717) is 6.54 Å². The SMILES string of the molecule is CCNc1c(F)cc(C(=O)NCC(C)OC)cc1F. The average molecular weight is 272 g/mol. The number of nitrogens with one attached hydrogen (secondary N) is 2. The van der Waals surface area contributed by atoms with E-state index in [4.69, 9.17) is 4.74 Å². The maximum Gasteiger partial charge on any atom is 0.251 e. The lowest BCUT2D eigenvalue weighted by Gasteiger charge is -2.12. The van der Waals surface area contributed by atoms with Gasteiger partial charge in [-0.05, 0) is 26.0 Å². The first-order valence-corrected chi connectivity index (χ1v) is 6.03. The zero-order chi connectivity index (χ0) is 14.4. The molecule has 2 N–H and O–H groups in total. The summed E-state index contributed by atoms with van der Waals surface area (Å²) in [6.45, 7) is 4.17. The van der Waals surface area contributed by atoms with Crippen molar-refractivity contribution in [2.24, 2.45) is 0 Å². The van der Waals surface area contributed by atoms with E-state index in [-0.39, 0.29) is 23.9 Å². The summed E-state index contributed by atoms with van der Waals surface area (Å²) in [4.78, 5) is 11.7. The summed E-state index contributed by atoms with van der Waals surface area (Å²) in [7, 11) is 1.52. The minimum absolute atomic E-state index is 0.0556. The van der Waals surface area contributed by atoms with Crippen molar-refractivity contribution in [3.63, 3.8) is 0 Å². The molecule has 1 amide bonds. The van der Waals surface area contributed by atoms with Crippen LogP contribution in [0.25, 0.3) is 0 Å². The summed E-state index contributed by atoms with van der Waals surface area (Å²) >= 11 is 0. The van der Waals surface area contributed by atoms with E-state index in [1.165, 1.54) is 7.11 Å². The highest BCUT2D eigenvalue weighted by Crippen LogP contribution is 2.20. The molecule has 0 radical (unpaired) electrons. The molecule has 0 aliphatic heterocycles. The van der Waals surface area contributed by atoms with Crippen molar-refractivity contribution in [1.82, 2.24) is 5.32 Å². The lowest BCUT2D eigenvalue weighted by atomic mass is 10.1. The molecule has 1 aromatic carbocycles. The highest BCUT2D eigenvalue weighted by atomic mass is 19.1. The molecule has 0 saturated carbocycles. The van der Waals surface area contributed by atoms with Gasteiger partial charge in [-0.3, -0.25) is 4.79 Å². The minimum Gasteiger partial charge on any atom is -0.381 e. The van der Waals surface area contributed by atoms with E-state index in [1.54, 1.807) is 13.8 Å². The number of ether oxygens (including phenoxy) is 1. The molecule has 0 fully saturated rings. The summed E-state index contributed by atoms with van der Waals surface area (Å²) in [5, 5.41) is 5.11. The highest BCUT2D eigenvalue weighted by molar-refractivity contribution is 5.94. The normalized spacial score (nSPS) is 12.1. The summed E-state index contributed by atoms with van der Waals surface area (Å²) < 4.78 is 32.2. The van der Waals surface area contributed by atoms with Crippen LogP contribution in [0.15, 0.2) is 12.1 Å². The lowest BCUT2D eigenvalue weighted by Crippen LogP contribution is -2.31. The van der Waals surface area contributed by atoms with Crippen LogP contribution in [0.4, 0.5) is 14.5 Å². The number of anilines is 1. The smallest absolute Gasteiger partial charge is 0.251 e. The van der Waals surface area contributed by atoms with Gasteiger partial charge in [0, 0.05) is 25.8 Å². The molecule has 0 heterocycles. The number of amides is 1. The minimum atomic E-state index is -0.785. The van der Waals surface area contributed by atoms with Gasteiger partial charge in [-0.15, -0.1) is 0 Å². The molecular weight excluding hydrogens is 254 g/mol. The molecule has 1 aromatic rings. The Labute approximate surface area is 111 Å². The van der Waals surface area contributed by atoms with E-state index in [9.17, 15) is 13.6 Å². The molecule has 1 atom stereocenters. The summed E-state index contributed by atoms with van der Waals surface area (Å²) in [6, 6.07) is 2.02. The Bertz CT molecular complexity index is 429. The van der Waals surface area contributed by atoms with Crippen molar-refractivity contribution in [3.05, 3.63) is 29.3 Å². The van der Waals surface area contributed by atoms with Gasteiger partial charge < -0.3 is 15.4 Å². The summed E-state index contributed by atoms with van der Waals surface area (Å²) in [5.41, 5.74) is -0.274. The predicted octanol–water partition coefficient (Wildman–Crippen LogP) is 2.16. The Morgan fingerprint density at radius 2 is 1.95 bits per heavy atom. The summed E-state index contributed by atoms with van der Waals surface area (Å²) in [6.07, 6.45) is -0.167. The Kier molecular flexibility index (Phi) is 5.69. The van der Waals surface area contributed by atoms with Crippen LogP contribution in [0, 0.1) is 11.6 Å². The van der Waals surface area contributed by atoms with Gasteiger partial charge in [-0.1, -0.05) is 0 Å². The van der Waals surface area contributed by atoms with Crippen molar-refractivity contribution in [1.29, 1.82) is 0 Å². The number of benzene rings is 1. The second-order valence-electron chi connectivity index (χ2n) is 4.10. The molecule has 1 unspecified atom stereocenters. The third-order valence-electron chi connectivity index (χ3n) is 2.61. The monoisotopic (exact) mass is 272 g/mol. The molecular formula is C13H18F2N2O2. The number of hydrogen-bond donors (Lipinski definition) is 2. The second-order valence-corrected chi connectivity index (χ2v) is 4.10. The van der Waals surface area contributed by atoms with Gasteiger partial charge in [0.2, 0.25) is 0 Å². The van der Waals surface area contributed by atoms with E-state index in [1.807, 2.05) is 0 Å². The summed E-state index contributed by atoms with van der Waals surface area (Å²) in [5.74, 6) is -2.11. The quantitative estimate of drug-likeness (QED) is 0.834. The average Bonchev–Trinajstić information content (AvgIpc) is 2.39. The number of hydrogen-bond acceptors (Lipinski definition) is 3. The van der Waals surface area contributed by atoms with Crippen molar-refractivity contribution >= 4 is 11.6 Å². The lowest BCUT2D eigenvalue weighted by molar-refractivity contribution is 0.0869. The molecule has 0 saturated heterocycles. The molecule has 0 aliphatic carbocycles. The van der Waals surface area contributed by atoms with Crippen LogP contribution in [0.1, 0.15) is 24.2 Å². The third kappa shape index (κ3) is 4.17. The number of carbonyl (C=O) groups is 1. The van der Waals surface area contributed by atoms with Crippen LogP contribution < -0.4 is 10.6 Å². The Hall–Kier alpha value is -1.69. The number of rotatable bonds is 6. The molecule has 6 heteroatoms. The van der Waals surface area contributed by atoms with Crippen LogP contribution in [-0.4, -0.2) is 32.2 Å². The van der Waals surface area contributed by atoms with Crippen LogP contribution in [0.2, 0.25) is 0 Å². The van der Waals surface area contributed by atoms with Crippen LogP contribution >= 0.6 is 0 Å². The van der Waals surface area contributed by atoms with Crippen LogP contribution in [0.5, 0.6) is 0 Å². The van der Waals surface area contributed by atoms with E-state index < -0.39 is 17.5 Å². The zero-order valence-corrected chi connectivity index (χ0v) is 11.2. The second kappa shape index (κ2) is 7.04. The van der Waals surface area contributed by atoms with Gasteiger partial charge in [0.15, 0.2) is 0 Å². The van der Waals surface area contributed by atoms with Crippen molar-refractivity contribution < 1.29 is 18.3 Å². The Morgan fingerprint density at radius 3 is 2.42 bits per heavy atom. The fourth-order valence-electron chi connectivity index (χ4n) is 1.47. The third-order valence-corrected chi connectivity index (χ3v) is 2.61. The van der Waals surface area contributed by atoms with Gasteiger partial charge in [0.1, 0.15) is 17.3 Å². The van der Waals surface area contributed by atoms with E-state index >= 15 is 0 Å². The first-order valence-electron chi connectivity index (χ1n) is 6.03. The molecule has 0 aromatic heterocycles. The largest absolute Gasteiger partial charge is 0.381 e. The van der Waals surface area contributed by atoms with Gasteiger partial charge in [0.05, 0.1) is 6.10 Å². The van der Waals surface area contributed by atoms with E-state index in [0.717, 1.165) is 12.1 Å². The zero-order valence-electron chi connectivity index (χ0n) is 11.2. The Balaban J connectivity index is 2.81. The molecule has 106 valence electrons. The molecule has 0 spiro atoms. The topological polar surface area (TPSA) is 50.4 Å². The van der Waals surface area contributed by atoms with Gasteiger partial charge in [-0.2, -0.15) is 0 Å². The molecule has 19 heavy (non-hydrogen) atoms. The molecule has 4 nitrogen and oxygen atoms in total. The number of methoxy groups -OCH3 is 1. The molecule has 0 bridgehead atoms. The number of halogens is 2. The van der Waals surface area contributed by atoms with E-state index in [2.05, 4.69) is 10.6 Å². The van der Waals surface area contributed by atoms with Crippen LogP contribution in [-0.2, 0) is 4.74 Å². The molecule has 0 aliphatic rings. The Morgan fingerprint density at radius 1 is 1.37 bits per heavy atom. The van der Waals surface area contributed by atoms with Crippen LogP contribution in [0.3, 0.4) is 0 Å². The first-order chi connectivity index (χ1) is 8.99. The predicted molar refractivity (Wildman–Crippen MR) is 69.3 cm³/mol. The maximum absolute atomic E-state index is 13.6. The fraction of sp³-hybridized carbons (Fsp3) is 0.462. The van der Waals surface area contributed by atoms with Crippen molar-refractivity contribution in [3.8, 4) is 0 Å². The fourth-order valence-corrected chi connectivity index (χ4v) is 1.47. The first kappa shape index (κ1) is 15.4. The highest BCUT2D eigenvalue weighted by Gasteiger charge is 2.15.